The summed E-state index contributed by atoms with van der Waals surface area (Å²) in [7, 11) is 0. The van der Waals surface area contributed by atoms with E-state index in [-0.39, 0.29) is 29.3 Å². The van der Waals surface area contributed by atoms with Gasteiger partial charge in [0.2, 0.25) is 0 Å². The van der Waals surface area contributed by atoms with Crippen molar-refractivity contribution in [3.63, 3.8) is 0 Å². The summed E-state index contributed by atoms with van der Waals surface area (Å²) in [6, 6.07) is 13.5. The van der Waals surface area contributed by atoms with E-state index in [4.69, 9.17) is 11.6 Å². The van der Waals surface area contributed by atoms with Gasteiger partial charge in [0.1, 0.15) is 0 Å². The summed E-state index contributed by atoms with van der Waals surface area (Å²) in [4.78, 5) is 31.7. The number of aromatic nitrogens is 1. The summed E-state index contributed by atoms with van der Waals surface area (Å²) in [5.74, 6) is -0.203. The largest absolute Gasteiger partial charge is 0.360 e. The molecule has 3 aromatic rings. The van der Waals surface area contributed by atoms with Gasteiger partial charge in [-0.3, -0.25) is 9.59 Å². The van der Waals surface area contributed by atoms with E-state index in [0.29, 0.717) is 16.1 Å². The first-order valence-corrected chi connectivity index (χ1v) is 13.6. The van der Waals surface area contributed by atoms with Crippen molar-refractivity contribution in [1.82, 2.24) is 20.5 Å². The number of carbonyl (C=O) groups is 2. The molecule has 1 saturated heterocycles. The van der Waals surface area contributed by atoms with Gasteiger partial charge in [0, 0.05) is 52.3 Å². The Hall–Kier alpha value is -2.83. The highest BCUT2D eigenvalue weighted by molar-refractivity contribution is 6.35. The second kappa shape index (κ2) is 9.56. The lowest BCUT2D eigenvalue weighted by atomic mass is 9.94. The maximum absolute atomic E-state index is 13.1. The molecule has 0 spiro atoms. The van der Waals surface area contributed by atoms with Crippen LogP contribution in [0.5, 0.6) is 0 Å². The standard InChI is InChI=1S/C29H33ClN4O2/c30-23-17-31-26-16-20(8-11-22(23)26)28(36)33-25-5-3-4-24(25)32-27(35)19-6-9-21(10-7-19)29(12-13-29)18-34-14-1-2-15-34/h6-11,16-17,24-25,31H,1-5,12-15,18H2,(H,32,35)(H,33,36)/t24-,25?/m0/s1. The lowest BCUT2D eigenvalue weighted by Crippen LogP contribution is -2.48. The Bertz CT molecular complexity index is 1270. The second-order valence-electron chi connectivity index (χ2n) is 10.8. The van der Waals surface area contributed by atoms with Crippen LogP contribution in [0.2, 0.25) is 5.02 Å². The normalized spacial score (nSPS) is 23.1. The van der Waals surface area contributed by atoms with E-state index in [1.54, 1.807) is 12.3 Å². The summed E-state index contributed by atoms with van der Waals surface area (Å²) in [5, 5.41) is 7.86. The number of hydrogen-bond donors (Lipinski definition) is 3. The number of benzene rings is 2. The Morgan fingerprint density at radius 2 is 1.56 bits per heavy atom. The van der Waals surface area contributed by atoms with Gasteiger partial charge >= 0.3 is 0 Å². The summed E-state index contributed by atoms with van der Waals surface area (Å²) in [5.41, 5.74) is 3.74. The highest BCUT2D eigenvalue weighted by Gasteiger charge is 2.45. The molecule has 1 aliphatic heterocycles. The fraction of sp³-hybridized carbons (Fsp3) is 0.448. The number of fused-ring (bicyclic) bond motifs is 1. The minimum atomic E-state index is -0.133. The third-order valence-electron chi connectivity index (χ3n) is 8.38. The number of nitrogens with one attached hydrogen (secondary N) is 3. The van der Waals surface area contributed by atoms with Gasteiger partial charge in [-0.15, -0.1) is 0 Å². The Balaban J connectivity index is 1.07. The first-order chi connectivity index (χ1) is 17.5. The molecule has 3 fully saturated rings. The number of hydrogen-bond acceptors (Lipinski definition) is 3. The van der Waals surface area contributed by atoms with Gasteiger partial charge in [-0.2, -0.15) is 0 Å². The monoisotopic (exact) mass is 504 g/mol. The molecule has 188 valence electrons. The van der Waals surface area contributed by atoms with Gasteiger partial charge in [0.05, 0.1) is 5.02 Å². The van der Waals surface area contributed by atoms with Gasteiger partial charge < -0.3 is 20.5 Å². The van der Waals surface area contributed by atoms with Crippen molar-refractivity contribution in [3.8, 4) is 0 Å². The second-order valence-corrected chi connectivity index (χ2v) is 11.2. The van der Waals surface area contributed by atoms with Crippen LogP contribution in [0, 0.1) is 0 Å². The molecule has 6 nitrogen and oxygen atoms in total. The van der Waals surface area contributed by atoms with Crippen molar-refractivity contribution < 1.29 is 9.59 Å². The predicted molar refractivity (Wildman–Crippen MR) is 143 cm³/mol. The number of aromatic amines is 1. The summed E-state index contributed by atoms with van der Waals surface area (Å²) in [6.07, 6.45) is 9.51. The molecule has 2 amide bonds. The molecule has 7 heteroatoms. The van der Waals surface area contributed by atoms with E-state index in [1.807, 2.05) is 24.3 Å². The summed E-state index contributed by atoms with van der Waals surface area (Å²) < 4.78 is 0. The van der Waals surface area contributed by atoms with Crippen LogP contribution in [0.4, 0.5) is 0 Å². The highest BCUT2D eigenvalue weighted by atomic mass is 35.5. The number of halogens is 1. The van der Waals surface area contributed by atoms with Crippen LogP contribution in [0.25, 0.3) is 10.9 Å². The van der Waals surface area contributed by atoms with Crippen LogP contribution in [0.1, 0.15) is 71.2 Å². The summed E-state index contributed by atoms with van der Waals surface area (Å²) in [6.45, 7) is 3.58. The zero-order valence-electron chi connectivity index (χ0n) is 20.5. The van der Waals surface area contributed by atoms with Crippen molar-refractivity contribution in [3.05, 3.63) is 70.4 Å². The van der Waals surface area contributed by atoms with Crippen LogP contribution in [-0.4, -0.2) is 53.4 Å². The van der Waals surface area contributed by atoms with Crippen LogP contribution in [0.3, 0.4) is 0 Å². The number of carbonyl (C=O) groups excluding carboxylic acids is 2. The molecular formula is C29H33ClN4O2. The van der Waals surface area contributed by atoms with E-state index in [2.05, 4.69) is 32.7 Å². The van der Waals surface area contributed by atoms with Crippen molar-refractivity contribution in [2.75, 3.05) is 19.6 Å². The maximum Gasteiger partial charge on any atom is 0.251 e. The zero-order chi connectivity index (χ0) is 24.7. The lowest BCUT2D eigenvalue weighted by molar-refractivity contribution is 0.0892. The molecule has 36 heavy (non-hydrogen) atoms. The lowest BCUT2D eigenvalue weighted by Gasteiger charge is -2.24. The molecule has 0 bridgehead atoms. The third-order valence-corrected chi connectivity index (χ3v) is 8.69. The third kappa shape index (κ3) is 4.64. The average molecular weight is 505 g/mol. The fourth-order valence-electron chi connectivity index (χ4n) is 6.07. The smallest absolute Gasteiger partial charge is 0.251 e. The Kier molecular flexibility index (Phi) is 6.26. The summed E-state index contributed by atoms with van der Waals surface area (Å²) >= 11 is 6.15. The van der Waals surface area contributed by atoms with E-state index in [1.165, 1.54) is 44.3 Å². The molecule has 1 unspecified atom stereocenters. The molecular weight excluding hydrogens is 472 g/mol. The van der Waals surface area contributed by atoms with Gasteiger partial charge in [-0.1, -0.05) is 29.8 Å². The topological polar surface area (TPSA) is 77.2 Å². The van der Waals surface area contributed by atoms with E-state index in [9.17, 15) is 9.59 Å². The number of rotatable bonds is 7. The first kappa shape index (κ1) is 23.6. The van der Waals surface area contributed by atoms with Crippen LogP contribution >= 0.6 is 11.6 Å². The number of nitrogens with zero attached hydrogens (tertiary/aromatic N) is 1. The van der Waals surface area contributed by atoms with Gasteiger partial charge in [-0.05, 0) is 87.9 Å². The molecule has 2 aliphatic carbocycles. The van der Waals surface area contributed by atoms with Crippen molar-refractivity contribution in [2.45, 2.75) is 62.4 Å². The predicted octanol–water partition coefficient (Wildman–Crippen LogP) is 5.03. The molecule has 3 aliphatic rings. The van der Waals surface area contributed by atoms with Gasteiger partial charge in [0.15, 0.2) is 0 Å². The van der Waals surface area contributed by atoms with E-state index in [0.717, 1.165) is 36.7 Å². The first-order valence-electron chi connectivity index (χ1n) is 13.2. The van der Waals surface area contributed by atoms with E-state index >= 15 is 0 Å². The molecule has 2 saturated carbocycles. The Morgan fingerprint density at radius 3 is 2.22 bits per heavy atom. The van der Waals surface area contributed by atoms with E-state index < -0.39 is 0 Å². The molecule has 2 atom stereocenters. The molecule has 0 radical (unpaired) electrons. The van der Waals surface area contributed by atoms with Gasteiger partial charge in [0.25, 0.3) is 11.8 Å². The molecule has 2 aromatic carbocycles. The maximum atomic E-state index is 13.1. The van der Waals surface area contributed by atoms with Crippen LogP contribution in [0.15, 0.2) is 48.7 Å². The minimum Gasteiger partial charge on any atom is -0.360 e. The minimum absolute atomic E-state index is 0.0699. The molecule has 3 N–H and O–H groups in total. The number of H-pyrrole nitrogens is 1. The Morgan fingerprint density at radius 1 is 0.917 bits per heavy atom. The van der Waals surface area contributed by atoms with Crippen LogP contribution < -0.4 is 10.6 Å². The van der Waals surface area contributed by atoms with Crippen LogP contribution in [-0.2, 0) is 5.41 Å². The number of amides is 2. The Labute approximate surface area is 216 Å². The van der Waals surface area contributed by atoms with Crippen molar-refractivity contribution in [2.24, 2.45) is 0 Å². The molecule has 2 heterocycles. The van der Waals surface area contributed by atoms with Crippen molar-refractivity contribution in [1.29, 1.82) is 0 Å². The average Bonchev–Trinajstić information content (AvgIpc) is 3.18. The molecule has 6 rings (SSSR count). The van der Waals surface area contributed by atoms with Crippen molar-refractivity contribution >= 4 is 34.3 Å². The molecule has 1 aromatic heterocycles. The fourth-order valence-corrected chi connectivity index (χ4v) is 6.29. The quantitative estimate of drug-likeness (QED) is 0.422. The SMILES string of the molecule is O=C(NC1CCC[C@@H]1NC(=O)c1ccc(C2(CN3CCCC3)CC2)cc1)c1ccc2c(Cl)c[nH]c2c1. The number of likely N-dealkylation sites (tertiary alicyclic amines) is 1. The highest BCUT2D eigenvalue weighted by Crippen LogP contribution is 2.49. The zero-order valence-corrected chi connectivity index (χ0v) is 21.2. The van der Waals surface area contributed by atoms with Gasteiger partial charge in [-0.25, -0.2) is 0 Å².